The first-order chi connectivity index (χ1) is 12.6. The lowest BCUT2D eigenvalue weighted by Gasteiger charge is -2.34. The molecular weight excluding hydrogens is 368 g/mol. The van der Waals surface area contributed by atoms with Crippen LogP contribution in [0, 0.1) is 0 Å². The maximum atomic E-state index is 12.8. The standard InChI is InChI=1S/C19H24N4O3.ClH/c1-3-14-12-16(24)23-17(21-14)13-5-4-6-15(11-13)22-18(25)19(26-2)7-9-20-10-8-19;/h4-6,11-12,20H,3,7-10H2,1-2H3,(H,22,25)(H,21,23,24);1H. The Hall–Kier alpha value is -2.22. The van der Waals surface area contributed by atoms with Crippen LogP contribution in [-0.2, 0) is 16.0 Å². The smallest absolute Gasteiger partial charge is 0.256 e. The van der Waals surface area contributed by atoms with Gasteiger partial charge in [0.2, 0.25) is 0 Å². The number of nitrogens with one attached hydrogen (secondary N) is 3. The van der Waals surface area contributed by atoms with Crippen LogP contribution in [0.4, 0.5) is 5.69 Å². The number of hydrogen-bond donors (Lipinski definition) is 3. The van der Waals surface area contributed by atoms with E-state index in [2.05, 4.69) is 20.6 Å². The second-order valence-electron chi connectivity index (χ2n) is 6.42. The molecule has 3 rings (SSSR count). The Balaban J connectivity index is 0.00000261. The molecular formula is C19H25ClN4O3. The first-order valence-corrected chi connectivity index (χ1v) is 8.84. The molecule has 2 aromatic rings. The van der Waals surface area contributed by atoms with Gasteiger partial charge >= 0.3 is 0 Å². The first kappa shape index (κ1) is 21.1. The van der Waals surface area contributed by atoms with Crippen LogP contribution < -0.4 is 16.2 Å². The van der Waals surface area contributed by atoms with Crippen molar-refractivity contribution in [2.24, 2.45) is 0 Å². The molecule has 0 radical (unpaired) electrons. The molecule has 7 nitrogen and oxygen atoms in total. The normalized spacial score (nSPS) is 15.6. The molecule has 0 atom stereocenters. The highest BCUT2D eigenvalue weighted by molar-refractivity contribution is 5.97. The molecule has 0 saturated carbocycles. The molecule has 0 bridgehead atoms. The third-order valence-electron chi connectivity index (χ3n) is 4.77. The van der Waals surface area contributed by atoms with Crippen molar-refractivity contribution in [1.29, 1.82) is 0 Å². The van der Waals surface area contributed by atoms with Crippen molar-refractivity contribution >= 4 is 24.0 Å². The van der Waals surface area contributed by atoms with Gasteiger partial charge in [-0.05, 0) is 44.5 Å². The predicted octanol–water partition coefficient (Wildman–Crippen LogP) is 2.13. The summed E-state index contributed by atoms with van der Waals surface area (Å²) in [5.74, 6) is 0.344. The zero-order valence-corrected chi connectivity index (χ0v) is 16.3. The van der Waals surface area contributed by atoms with Gasteiger partial charge < -0.3 is 20.4 Å². The number of methoxy groups -OCH3 is 1. The topological polar surface area (TPSA) is 96.1 Å². The Morgan fingerprint density at radius 1 is 1.30 bits per heavy atom. The lowest BCUT2D eigenvalue weighted by molar-refractivity contribution is -0.140. The molecule has 1 amide bonds. The molecule has 1 aliphatic heterocycles. The summed E-state index contributed by atoms with van der Waals surface area (Å²) in [6.07, 6.45) is 1.93. The Bertz CT molecular complexity index is 847. The van der Waals surface area contributed by atoms with E-state index in [0.29, 0.717) is 30.8 Å². The average Bonchev–Trinajstić information content (AvgIpc) is 2.68. The Morgan fingerprint density at radius 3 is 2.70 bits per heavy atom. The highest BCUT2D eigenvalue weighted by Gasteiger charge is 2.39. The summed E-state index contributed by atoms with van der Waals surface area (Å²) in [7, 11) is 1.58. The molecule has 0 aliphatic carbocycles. The highest BCUT2D eigenvalue weighted by Crippen LogP contribution is 2.26. The second kappa shape index (κ2) is 9.12. The van der Waals surface area contributed by atoms with Crippen molar-refractivity contribution in [3.8, 4) is 11.4 Å². The second-order valence-corrected chi connectivity index (χ2v) is 6.42. The minimum Gasteiger partial charge on any atom is -0.368 e. The molecule has 1 fully saturated rings. The van der Waals surface area contributed by atoms with Crippen LogP contribution in [0.3, 0.4) is 0 Å². The van der Waals surface area contributed by atoms with E-state index in [9.17, 15) is 9.59 Å². The fourth-order valence-electron chi connectivity index (χ4n) is 3.17. The summed E-state index contributed by atoms with van der Waals surface area (Å²) in [4.78, 5) is 31.8. The molecule has 1 aromatic carbocycles. The maximum absolute atomic E-state index is 12.8. The number of amides is 1. The minimum atomic E-state index is -0.810. The van der Waals surface area contributed by atoms with Crippen LogP contribution in [0.2, 0.25) is 0 Å². The van der Waals surface area contributed by atoms with Crippen LogP contribution in [0.15, 0.2) is 35.1 Å². The maximum Gasteiger partial charge on any atom is 0.256 e. The van der Waals surface area contributed by atoms with Crippen molar-refractivity contribution < 1.29 is 9.53 Å². The quantitative estimate of drug-likeness (QED) is 0.724. The van der Waals surface area contributed by atoms with Crippen molar-refractivity contribution in [2.45, 2.75) is 31.8 Å². The Morgan fingerprint density at radius 2 is 2.04 bits per heavy atom. The molecule has 2 heterocycles. The number of anilines is 1. The number of benzene rings is 1. The molecule has 146 valence electrons. The Kier molecular flexibility index (Phi) is 7.12. The molecule has 0 spiro atoms. The zero-order chi connectivity index (χ0) is 18.6. The summed E-state index contributed by atoms with van der Waals surface area (Å²) in [6, 6.07) is 8.79. The van der Waals surface area contributed by atoms with E-state index < -0.39 is 5.60 Å². The lowest BCUT2D eigenvalue weighted by atomic mass is 9.91. The minimum absolute atomic E-state index is 0. The van der Waals surface area contributed by atoms with E-state index in [1.807, 2.05) is 25.1 Å². The van der Waals surface area contributed by atoms with Crippen LogP contribution in [0.5, 0.6) is 0 Å². The fraction of sp³-hybridized carbons (Fsp3) is 0.421. The zero-order valence-electron chi connectivity index (χ0n) is 15.5. The van der Waals surface area contributed by atoms with Gasteiger partial charge in [-0.25, -0.2) is 4.98 Å². The number of aromatic nitrogens is 2. The number of nitrogens with zero attached hydrogens (tertiary/aromatic N) is 1. The van der Waals surface area contributed by atoms with Gasteiger partial charge in [-0.1, -0.05) is 19.1 Å². The van der Waals surface area contributed by atoms with E-state index in [1.165, 1.54) is 6.07 Å². The Labute approximate surface area is 164 Å². The van der Waals surface area contributed by atoms with Gasteiger partial charge in [0.25, 0.3) is 11.5 Å². The number of aryl methyl sites for hydroxylation is 1. The van der Waals surface area contributed by atoms with Gasteiger partial charge in [0.05, 0.1) is 0 Å². The van der Waals surface area contributed by atoms with Crippen LogP contribution >= 0.6 is 12.4 Å². The molecule has 1 aliphatic rings. The first-order valence-electron chi connectivity index (χ1n) is 8.84. The SMILES string of the molecule is CCc1cc(=O)[nH]c(-c2cccc(NC(=O)C3(OC)CCNCC3)c2)n1.Cl. The third kappa shape index (κ3) is 4.74. The number of carbonyl (C=O) groups excluding carboxylic acids is 1. The van der Waals surface area contributed by atoms with Gasteiger partial charge in [-0.2, -0.15) is 0 Å². The number of ether oxygens (including phenoxy) is 1. The summed E-state index contributed by atoms with van der Waals surface area (Å²) in [5.41, 5.74) is 1.12. The van der Waals surface area contributed by atoms with Gasteiger partial charge in [0, 0.05) is 30.1 Å². The monoisotopic (exact) mass is 392 g/mol. The number of H-pyrrole nitrogens is 1. The molecule has 1 aromatic heterocycles. The van der Waals surface area contributed by atoms with Crippen LogP contribution in [0.25, 0.3) is 11.4 Å². The van der Waals surface area contributed by atoms with Gasteiger partial charge in [0.1, 0.15) is 11.4 Å². The van der Waals surface area contributed by atoms with E-state index in [4.69, 9.17) is 4.74 Å². The lowest BCUT2D eigenvalue weighted by Crippen LogP contribution is -2.51. The fourth-order valence-corrected chi connectivity index (χ4v) is 3.17. The summed E-state index contributed by atoms with van der Waals surface area (Å²) >= 11 is 0. The largest absolute Gasteiger partial charge is 0.368 e. The van der Waals surface area contributed by atoms with E-state index >= 15 is 0 Å². The molecule has 1 saturated heterocycles. The number of piperidine rings is 1. The molecule has 8 heteroatoms. The van der Waals surface area contributed by atoms with Crippen molar-refractivity contribution in [1.82, 2.24) is 15.3 Å². The van der Waals surface area contributed by atoms with E-state index in [0.717, 1.165) is 24.3 Å². The summed E-state index contributed by atoms with van der Waals surface area (Å²) in [5, 5.41) is 6.18. The summed E-state index contributed by atoms with van der Waals surface area (Å²) in [6.45, 7) is 3.44. The van der Waals surface area contributed by atoms with Gasteiger partial charge in [-0.15, -0.1) is 12.4 Å². The molecule has 27 heavy (non-hydrogen) atoms. The molecule has 0 unspecified atom stereocenters. The van der Waals surface area contributed by atoms with E-state index in [-0.39, 0.29) is 23.9 Å². The van der Waals surface area contributed by atoms with Gasteiger partial charge in [0.15, 0.2) is 0 Å². The van der Waals surface area contributed by atoms with E-state index in [1.54, 1.807) is 13.2 Å². The highest BCUT2D eigenvalue weighted by atomic mass is 35.5. The number of halogens is 1. The average molecular weight is 393 g/mol. The number of aromatic amines is 1. The summed E-state index contributed by atoms with van der Waals surface area (Å²) < 4.78 is 5.56. The van der Waals surface area contributed by atoms with Crippen LogP contribution in [-0.4, -0.2) is 41.7 Å². The number of rotatable bonds is 5. The van der Waals surface area contributed by atoms with Crippen molar-refractivity contribution in [2.75, 3.05) is 25.5 Å². The third-order valence-corrected chi connectivity index (χ3v) is 4.77. The molecule has 3 N–H and O–H groups in total. The number of hydrogen-bond acceptors (Lipinski definition) is 5. The van der Waals surface area contributed by atoms with Gasteiger partial charge in [-0.3, -0.25) is 9.59 Å². The van der Waals surface area contributed by atoms with Crippen molar-refractivity contribution in [3.63, 3.8) is 0 Å². The van der Waals surface area contributed by atoms with Crippen LogP contribution in [0.1, 0.15) is 25.5 Å². The predicted molar refractivity (Wildman–Crippen MR) is 107 cm³/mol. The number of carbonyl (C=O) groups is 1. The van der Waals surface area contributed by atoms with Crippen molar-refractivity contribution in [3.05, 3.63) is 46.4 Å².